The SMILES string of the molecule is COC1CC(C2CCNC(N3CC(S(=O)(=O)NC4CCCC5CNN(C)C54)CN3)C2)C1. The lowest BCUT2D eigenvalue weighted by atomic mass is 9.70. The van der Waals surface area contributed by atoms with Gasteiger partial charge in [0.25, 0.3) is 0 Å². The molecule has 5 rings (SSSR count). The van der Waals surface area contributed by atoms with E-state index < -0.39 is 15.3 Å². The predicted molar refractivity (Wildman–Crippen MR) is 119 cm³/mol. The molecule has 4 N–H and O–H groups in total. The van der Waals surface area contributed by atoms with Gasteiger partial charge in [-0.3, -0.25) is 10.9 Å². The second-order valence-electron chi connectivity index (χ2n) is 10.4. The standard InChI is InChI=1S/C21H40N6O3S/c1-26-21-15(11-23-26)4-3-5-19(21)25-31(28,29)18-12-24-27(13-18)20-10-14(6-7-22-20)16-8-17(9-16)30-2/h14-25H,3-13H2,1-2H3. The van der Waals surface area contributed by atoms with Crippen molar-refractivity contribution in [3.63, 3.8) is 0 Å². The van der Waals surface area contributed by atoms with Gasteiger partial charge in [0.2, 0.25) is 10.0 Å². The number of hydrogen-bond donors (Lipinski definition) is 4. The summed E-state index contributed by atoms with van der Waals surface area (Å²) in [4.78, 5) is 0. The lowest BCUT2D eigenvalue weighted by Crippen LogP contribution is -2.56. The molecule has 31 heavy (non-hydrogen) atoms. The van der Waals surface area contributed by atoms with Crippen LogP contribution in [0, 0.1) is 17.8 Å². The van der Waals surface area contributed by atoms with Crippen molar-refractivity contribution in [2.45, 2.75) is 74.5 Å². The molecule has 3 aliphatic heterocycles. The molecule has 0 aromatic heterocycles. The van der Waals surface area contributed by atoms with E-state index in [0.717, 1.165) is 38.3 Å². The number of hydrogen-bond acceptors (Lipinski definition) is 8. The molecule has 0 radical (unpaired) electrons. The van der Waals surface area contributed by atoms with Gasteiger partial charge in [0, 0.05) is 45.9 Å². The van der Waals surface area contributed by atoms with E-state index in [1.165, 1.54) is 25.7 Å². The number of methoxy groups -OCH3 is 1. The van der Waals surface area contributed by atoms with Gasteiger partial charge in [-0.2, -0.15) is 0 Å². The van der Waals surface area contributed by atoms with Crippen molar-refractivity contribution in [3.8, 4) is 0 Å². The Morgan fingerprint density at radius 2 is 1.84 bits per heavy atom. The van der Waals surface area contributed by atoms with Crippen LogP contribution in [-0.2, 0) is 14.8 Å². The summed E-state index contributed by atoms with van der Waals surface area (Å²) >= 11 is 0. The first-order valence-corrected chi connectivity index (χ1v) is 13.7. The fourth-order valence-corrected chi connectivity index (χ4v) is 8.19. The summed E-state index contributed by atoms with van der Waals surface area (Å²) < 4.78 is 35.1. The molecular weight excluding hydrogens is 416 g/mol. The zero-order valence-corrected chi connectivity index (χ0v) is 19.7. The molecule has 178 valence electrons. The number of nitrogens with one attached hydrogen (secondary N) is 4. The fourth-order valence-electron chi connectivity index (χ4n) is 6.67. The van der Waals surface area contributed by atoms with Crippen LogP contribution in [0.4, 0.5) is 0 Å². The topological polar surface area (TPSA) is 98.0 Å². The summed E-state index contributed by atoms with van der Waals surface area (Å²) in [7, 11) is 0.469. The Kier molecular flexibility index (Phi) is 6.62. The molecule has 5 aliphatic rings. The molecule has 6 atom stereocenters. The van der Waals surface area contributed by atoms with E-state index in [-0.39, 0.29) is 18.2 Å². The highest BCUT2D eigenvalue weighted by Gasteiger charge is 2.45. The summed E-state index contributed by atoms with van der Waals surface area (Å²) in [6, 6.07) is 0.260. The first-order valence-electron chi connectivity index (χ1n) is 12.2. The van der Waals surface area contributed by atoms with E-state index in [1.54, 1.807) is 0 Å². The molecule has 0 amide bonds. The molecule has 2 saturated carbocycles. The molecule has 5 fully saturated rings. The van der Waals surface area contributed by atoms with E-state index in [9.17, 15) is 8.42 Å². The van der Waals surface area contributed by atoms with Crippen LogP contribution in [0.2, 0.25) is 0 Å². The van der Waals surface area contributed by atoms with Gasteiger partial charge < -0.3 is 10.1 Å². The smallest absolute Gasteiger partial charge is 0.217 e. The Labute approximate surface area is 187 Å². The maximum atomic E-state index is 13.3. The van der Waals surface area contributed by atoms with E-state index in [4.69, 9.17) is 4.74 Å². The lowest BCUT2D eigenvalue weighted by Gasteiger charge is -2.44. The molecule has 3 saturated heterocycles. The Balaban J connectivity index is 1.16. The zero-order valence-electron chi connectivity index (χ0n) is 18.9. The monoisotopic (exact) mass is 456 g/mol. The van der Waals surface area contributed by atoms with Crippen molar-refractivity contribution < 1.29 is 13.2 Å². The highest BCUT2D eigenvalue weighted by molar-refractivity contribution is 7.90. The number of fused-ring (bicyclic) bond motifs is 1. The van der Waals surface area contributed by atoms with Crippen molar-refractivity contribution in [2.75, 3.05) is 40.3 Å². The molecule has 0 aromatic rings. The molecule has 0 bridgehead atoms. The van der Waals surface area contributed by atoms with Gasteiger partial charge in [-0.25, -0.2) is 23.2 Å². The quantitative estimate of drug-likeness (QED) is 0.438. The fraction of sp³-hybridized carbons (Fsp3) is 1.00. The van der Waals surface area contributed by atoms with Crippen molar-refractivity contribution in [1.29, 1.82) is 0 Å². The molecular formula is C21H40N6O3S. The van der Waals surface area contributed by atoms with Gasteiger partial charge >= 0.3 is 0 Å². The maximum Gasteiger partial charge on any atom is 0.217 e. The summed E-state index contributed by atoms with van der Waals surface area (Å²) in [5.41, 5.74) is 6.78. The number of likely N-dealkylation sites (N-methyl/N-ethyl adjacent to an activating group) is 1. The minimum absolute atomic E-state index is 0.00216. The van der Waals surface area contributed by atoms with Gasteiger partial charge in [-0.15, -0.1) is 0 Å². The zero-order chi connectivity index (χ0) is 21.6. The Morgan fingerprint density at radius 1 is 1.00 bits per heavy atom. The molecule has 3 heterocycles. The first-order chi connectivity index (χ1) is 14.9. The van der Waals surface area contributed by atoms with Gasteiger partial charge in [-0.05, 0) is 62.8 Å². The molecule has 6 unspecified atom stereocenters. The predicted octanol–water partition coefficient (Wildman–Crippen LogP) is -0.167. The Morgan fingerprint density at radius 3 is 2.65 bits per heavy atom. The first kappa shape index (κ1) is 22.5. The highest BCUT2D eigenvalue weighted by Crippen LogP contribution is 2.40. The number of ether oxygens (including phenoxy) is 1. The minimum Gasteiger partial charge on any atom is -0.381 e. The number of piperidine rings is 1. The largest absolute Gasteiger partial charge is 0.381 e. The Hall–Kier alpha value is -0.330. The van der Waals surface area contributed by atoms with E-state index in [1.807, 2.05) is 14.2 Å². The van der Waals surface area contributed by atoms with E-state index in [2.05, 4.69) is 30.9 Å². The van der Waals surface area contributed by atoms with Crippen LogP contribution in [0.15, 0.2) is 0 Å². The van der Waals surface area contributed by atoms with Gasteiger partial charge in [0.1, 0.15) is 5.25 Å². The van der Waals surface area contributed by atoms with Crippen molar-refractivity contribution >= 4 is 10.0 Å². The van der Waals surface area contributed by atoms with Gasteiger partial charge in [0.15, 0.2) is 0 Å². The van der Waals surface area contributed by atoms with Crippen molar-refractivity contribution in [3.05, 3.63) is 0 Å². The summed E-state index contributed by atoms with van der Waals surface area (Å²) in [5.74, 6) is 2.00. The average molecular weight is 457 g/mol. The number of sulfonamides is 1. The summed E-state index contributed by atoms with van der Waals surface area (Å²) in [6.45, 7) is 2.99. The van der Waals surface area contributed by atoms with Crippen LogP contribution in [0.3, 0.4) is 0 Å². The number of rotatable bonds is 6. The van der Waals surface area contributed by atoms with Crippen LogP contribution in [0.1, 0.15) is 44.9 Å². The van der Waals surface area contributed by atoms with Crippen LogP contribution >= 0.6 is 0 Å². The summed E-state index contributed by atoms with van der Waals surface area (Å²) in [6.07, 6.45) is 8.49. The van der Waals surface area contributed by atoms with Crippen molar-refractivity contribution in [1.82, 2.24) is 30.9 Å². The number of hydrazine groups is 2. The van der Waals surface area contributed by atoms with Gasteiger partial charge in [0.05, 0.1) is 12.3 Å². The van der Waals surface area contributed by atoms with Crippen LogP contribution < -0.4 is 20.9 Å². The second-order valence-corrected chi connectivity index (χ2v) is 12.4. The molecule has 0 spiro atoms. The van der Waals surface area contributed by atoms with E-state index >= 15 is 0 Å². The van der Waals surface area contributed by atoms with Gasteiger partial charge in [-0.1, -0.05) is 6.42 Å². The average Bonchev–Trinajstić information content (AvgIpc) is 3.36. The third kappa shape index (κ3) is 4.55. The van der Waals surface area contributed by atoms with E-state index in [0.29, 0.717) is 31.0 Å². The summed E-state index contributed by atoms with van der Waals surface area (Å²) in [5, 5.41) is 7.47. The third-order valence-corrected chi connectivity index (χ3v) is 10.5. The molecule has 0 aromatic carbocycles. The Bertz CT molecular complexity index is 731. The normalized spacial score (nSPS) is 44.8. The molecule has 10 heteroatoms. The molecule has 2 aliphatic carbocycles. The molecule has 9 nitrogen and oxygen atoms in total. The van der Waals surface area contributed by atoms with Crippen molar-refractivity contribution in [2.24, 2.45) is 17.8 Å². The lowest BCUT2D eigenvalue weighted by molar-refractivity contribution is -0.0371. The highest BCUT2D eigenvalue weighted by atomic mass is 32.2. The minimum atomic E-state index is -3.38. The van der Waals surface area contributed by atoms with Crippen LogP contribution in [-0.4, -0.2) is 88.4 Å². The maximum absolute atomic E-state index is 13.3. The van der Waals surface area contributed by atoms with Crippen LogP contribution in [0.5, 0.6) is 0 Å². The number of nitrogens with zero attached hydrogens (tertiary/aromatic N) is 2. The van der Waals surface area contributed by atoms with Crippen LogP contribution in [0.25, 0.3) is 0 Å². The third-order valence-electron chi connectivity index (χ3n) is 8.64. The second kappa shape index (κ2) is 9.13.